The number of rotatable bonds is 8. The number of benzene rings is 1. The van der Waals surface area contributed by atoms with Gasteiger partial charge in [-0.2, -0.15) is 0 Å². The van der Waals surface area contributed by atoms with Gasteiger partial charge in [-0.3, -0.25) is 9.69 Å². The van der Waals surface area contributed by atoms with Crippen molar-refractivity contribution in [2.75, 3.05) is 13.7 Å². The zero-order valence-electron chi connectivity index (χ0n) is 18.7. The maximum absolute atomic E-state index is 12.8. The number of imide groups is 1. The molecule has 0 aliphatic carbocycles. The maximum atomic E-state index is 12.8. The molecule has 0 unspecified atom stereocenters. The Hall–Kier alpha value is -4.80. The van der Waals surface area contributed by atoms with Gasteiger partial charge in [-0.05, 0) is 55.0 Å². The van der Waals surface area contributed by atoms with Crippen LogP contribution in [0.3, 0.4) is 0 Å². The maximum Gasteiger partial charge on any atom is 0.379 e. The predicted octanol–water partition coefficient (Wildman–Crippen LogP) is 3.37. The second-order valence-electron chi connectivity index (χ2n) is 7.14. The Morgan fingerprint density at radius 2 is 1.89 bits per heavy atom. The molecule has 1 aliphatic rings. The molecular weight excluding hydrogens is 460 g/mol. The first-order valence-electron chi connectivity index (χ1n) is 10.4. The highest BCUT2D eigenvalue weighted by Crippen LogP contribution is 2.30. The van der Waals surface area contributed by atoms with Crippen molar-refractivity contribution >= 4 is 30.0 Å². The monoisotopic (exact) mass is 480 g/mol. The molecule has 3 aromatic rings. The van der Waals surface area contributed by atoms with Crippen LogP contribution in [0.15, 0.2) is 63.3 Å². The summed E-state index contributed by atoms with van der Waals surface area (Å²) in [6, 6.07) is 9.93. The van der Waals surface area contributed by atoms with Gasteiger partial charge in [0.2, 0.25) is 11.5 Å². The van der Waals surface area contributed by atoms with Crippen molar-refractivity contribution in [1.82, 2.24) is 10.2 Å². The Morgan fingerprint density at radius 3 is 2.60 bits per heavy atom. The first-order valence-corrected chi connectivity index (χ1v) is 10.4. The zero-order chi connectivity index (χ0) is 24.9. The van der Waals surface area contributed by atoms with Gasteiger partial charge in [-0.25, -0.2) is 14.4 Å². The molecule has 0 bridgehead atoms. The summed E-state index contributed by atoms with van der Waals surface area (Å²) in [5.74, 6) is -1.29. The Labute approximate surface area is 198 Å². The van der Waals surface area contributed by atoms with Crippen LogP contribution in [0.1, 0.15) is 39.4 Å². The Bertz CT molecular complexity index is 1300. The Morgan fingerprint density at radius 1 is 1.06 bits per heavy atom. The number of furan rings is 2. The van der Waals surface area contributed by atoms with E-state index in [0.29, 0.717) is 12.2 Å². The van der Waals surface area contributed by atoms with E-state index in [-0.39, 0.29) is 41.0 Å². The quantitative estimate of drug-likeness (QED) is 0.223. The molecule has 4 rings (SSSR count). The summed E-state index contributed by atoms with van der Waals surface area (Å²) in [7, 11) is 1.21. The smallest absolute Gasteiger partial charge is 0.379 e. The van der Waals surface area contributed by atoms with E-state index >= 15 is 0 Å². The Balaban J connectivity index is 1.51. The minimum absolute atomic E-state index is 0.0255. The van der Waals surface area contributed by atoms with Crippen LogP contribution in [0.5, 0.6) is 11.5 Å². The number of esters is 2. The first-order chi connectivity index (χ1) is 16.9. The fourth-order valence-electron chi connectivity index (χ4n) is 3.22. The first kappa shape index (κ1) is 23.4. The van der Waals surface area contributed by atoms with E-state index in [2.05, 4.69) is 10.1 Å². The zero-order valence-corrected chi connectivity index (χ0v) is 18.7. The molecule has 3 heterocycles. The third-order valence-electron chi connectivity index (χ3n) is 4.83. The number of carbonyl (C=O) groups excluding carboxylic acids is 4. The lowest BCUT2D eigenvalue weighted by Gasteiger charge is -2.11. The van der Waals surface area contributed by atoms with E-state index in [1.807, 2.05) is 0 Å². The van der Waals surface area contributed by atoms with Gasteiger partial charge in [0.15, 0.2) is 11.5 Å². The van der Waals surface area contributed by atoms with Gasteiger partial charge < -0.3 is 28.4 Å². The minimum atomic E-state index is -0.691. The summed E-state index contributed by atoms with van der Waals surface area (Å²) in [4.78, 5) is 49.9. The van der Waals surface area contributed by atoms with Crippen molar-refractivity contribution in [3.05, 3.63) is 77.3 Å². The van der Waals surface area contributed by atoms with Gasteiger partial charge in [-0.15, -0.1) is 0 Å². The number of hydrogen-bond donors (Lipinski definition) is 1. The Kier molecular flexibility index (Phi) is 6.67. The van der Waals surface area contributed by atoms with E-state index < -0.39 is 23.9 Å². The van der Waals surface area contributed by atoms with Crippen molar-refractivity contribution in [2.24, 2.45) is 0 Å². The number of carbonyl (C=O) groups is 4. The normalized spacial score (nSPS) is 14.2. The van der Waals surface area contributed by atoms with Crippen LogP contribution in [0.2, 0.25) is 0 Å². The highest BCUT2D eigenvalue weighted by molar-refractivity contribution is 6.13. The molecule has 1 saturated heterocycles. The molecule has 1 aliphatic heterocycles. The van der Waals surface area contributed by atoms with E-state index in [4.69, 9.17) is 18.3 Å². The van der Waals surface area contributed by atoms with Crippen LogP contribution in [0.25, 0.3) is 6.08 Å². The molecule has 11 nitrogen and oxygen atoms in total. The number of methoxy groups -OCH3 is 1. The minimum Gasteiger partial charge on any atom is -0.490 e. The summed E-state index contributed by atoms with van der Waals surface area (Å²) in [6.45, 7) is 1.89. The van der Waals surface area contributed by atoms with Gasteiger partial charge in [-0.1, -0.05) is 6.07 Å². The number of urea groups is 1. The highest BCUT2D eigenvalue weighted by Gasteiger charge is 2.34. The van der Waals surface area contributed by atoms with Gasteiger partial charge in [0, 0.05) is 0 Å². The van der Waals surface area contributed by atoms with Crippen molar-refractivity contribution in [2.45, 2.75) is 13.5 Å². The van der Waals surface area contributed by atoms with E-state index in [1.54, 1.807) is 25.1 Å². The fourth-order valence-corrected chi connectivity index (χ4v) is 3.22. The largest absolute Gasteiger partial charge is 0.490 e. The molecule has 3 amide bonds. The third-order valence-corrected chi connectivity index (χ3v) is 4.83. The van der Waals surface area contributed by atoms with Gasteiger partial charge in [0.1, 0.15) is 11.5 Å². The van der Waals surface area contributed by atoms with E-state index in [0.717, 1.165) is 4.90 Å². The molecular formula is C24H20N2O9. The molecule has 0 spiro atoms. The number of hydrogen-bond acceptors (Lipinski definition) is 9. The number of amides is 3. The molecule has 11 heteroatoms. The number of ether oxygens (including phenoxy) is 3. The molecule has 0 saturated carbocycles. The second-order valence-corrected chi connectivity index (χ2v) is 7.14. The fraction of sp³-hybridized carbons (Fsp3) is 0.167. The van der Waals surface area contributed by atoms with Crippen molar-refractivity contribution < 1.29 is 42.2 Å². The second kappa shape index (κ2) is 10.00. The van der Waals surface area contributed by atoms with Crippen LogP contribution in [-0.2, 0) is 16.1 Å². The van der Waals surface area contributed by atoms with Crippen LogP contribution >= 0.6 is 0 Å². The van der Waals surface area contributed by atoms with Crippen LogP contribution in [-0.4, -0.2) is 42.5 Å². The summed E-state index contributed by atoms with van der Waals surface area (Å²) < 4.78 is 25.9. The topological polar surface area (TPSA) is 138 Å². The van der Waals surface area contributed by atoms with E-state index in [1.165, 1.54) is 43.7 Å². The van der Waals surface area contributed by atoms with Crippen LogP contribution < -0.4 is 14.8 Å². The number of nitrogens with one attached hydrogen (secondary N) is 1. The average molecular weight is 480 g/mol. The molecule has 0 radical (unpaired) electrons. The summed E-state index contributed by atoms with van der Waals surface area (Å²) >= 11 is 0. The van der Waals surface area contributed by atoms with Crippen molar-refractivity contribution in [3.8, 4) is 11.5 Å². The molecule has 2 aromatic heterocycles. The molecule has 1 aromatic carbocycles. The van der Waals surface area contributed by atoms with Gasteiger partial charge >= 0.3 is 18.0 Å². The lowest BCUT2D eigenvalue weighted by molar-refractivity contribution is -0.123. The SMILES string of the molecule is CCOc1cc(/C=C2\NC(=O)N(Cc3ccc(C(=O)OC)o3)C2=O)ccc1OC(=O)c1ccco1. The number of nitrogens with zero attached hydrogens (tertiary/aromatic N) is 1. The van der Waals surface area contributed by atoms with Gasteiger partial charge in [0.25, 0.3) is 5.91 Å². The lowest BCUT2D eigenvalue weighted by atomic mass is 10.1. The highest BCUT2D eigenvalue weighted by atomic mass is 16.6. The summed E-state index contributed by atoms with van der Waals surface area (Å²) in [5, 5.41) is 2.51. The molecule has 1 fully saturated rings. The molecule has 0 atom stereocenters. The van der Waals surface area contributed by atoms with E-state index in [9.17, 15) is 19.2 Å². The third kappa shape index (κ3) is 5.08. The van der Waals surface area contributed by atoms with Crippen molar-refractivity contribution in [1.29, 1.82) is 0 Å². The van der Waals surface area contributed by atoms with Crippen LogP contribution in [0.4, 0.5) is 4.79 Å². The molecule has 35 heavy (non-hydrogen) atoms. The lowest BCUT2D eigenvalue weighted by Crippen LogP contribution is -2.30. The molecule has 180 valence electrons. The molecule has 1 N–H and O–H groups in total. The standard InChI is InChI=1S/C24H20N2O9/c1-3-32-20-12-14(6-8-17(20)35-23(29)18-5-4-10-33-18)11-16-21(27)26(24(30)25-16)13-15-7-9-19(34-15)22(28)31-2/h4-12H,3,13H2,1-2H3,(H,25,30)/b16-11-. The summed E-state index contributed by atoms with van der Waals surface area (Å²) in [5.41, 5.74) is 0.542. The summed E-state index contributed by atoms with van der Waals surface area (Å²) in [6.07, 6.45) is 2.82. The van der Waals surface area contributed by atoms with Gasteiger partial charge in [0.05, 0.1) is 26.5 Å². The average Bonchev–Trinajstić information content (AvgIpc) is 3.59. The predicted molar refractivity (Wildman–Crippen MR) is 118 cm³/mol. The van der Waals surface area contributed by atoms with Crippen LogP contribution in [0, 0.1) is 0 Å². The van der Waals surface area contributed by atoms with Crippen molar-refractivity contribution in [3.63, 3.8) is 0 Å².